The fraction of sp³-hybridized carbons (Fsp3) is 0.304. The zero-order valence-corrected chi connectivity index (χ0v) is 15.7. The Morgan fingerprint density at radius 2 is 2.11 bits per heavy atom. The minimum absolute atomic E-state index is 0.114. The van der Waals surface area contributed by atoms with E-state index in [1.165, 1.54) is 0 Å². The Hall–Kier alpha value is -3.12. The molecule has 2 heterocycles. The molecule has 0 aliphatic carbocycles. The third-order valence-corrected chi connectivity index (χ3v) is 4.63. The highest BCUT2D eigenvalue weighted by Crippen LogP contribution is 2.30. The summed E-state index contributed by atoms with van der Waals surface area (Å²) < 4.78 is 17.0. The standard InChI is InChI=1S/C23H20N2O3/c1-16-14-19(24-2)15-20-22(16)28-23(25-20)18-10-8-17(9-11-18)6-5-13-27-21-7-3-4-12-26-21/h8-11,14-15,21H,3-4,7,12-13H2,1H3. The third kappa shape index (κ3) is 4.07. The first-order valence-electron chi connectivity index (χ1n) is 9.34. The summed E-state index contributed by atoms with van der Waals surface area (Å²) in [6, 6.07) is 11.3. The second-order valence-corrected chi connectivity index (χ2v) is 6.73. The third-order valence-electron chi connectivity index (χ3n) is 4.63. The Bertz CT molecular complexity index is 1080. The first-order valence-corrected chi connectivity index (χ1v) is 9.34. The summed E-state index contributed by atoms with van der Waals surface area (Å²) in [5.74, 6) is 6.67. The van der Waals surface area contributed by atoms with Gasteiger partial charge in [-0.05, 0) is 68.1 Å². The van der Waals surface area contributed by atoms with Gasteiger partial charge in [-0.2, -0.15) is 0 Å². The van der Waals surface area contributed by atoms with Crippen molar-refractivity contribution in [3.05, 3.63) is 58.9 Å². The van der Waals surface area contributed by atoms with Crippen LogP contribution in [0.2, 0.25) is 0 Å². The van der Waals surface area contributed by atoms with Gasteiger partial charge in [0.05, 0.1) is 12.1 Å². The Morgan fingerprint density at radius 3 is 2.86 bits per heavy atom. The molecule has 140 valence electrons. The molecule has 4 rings (SSSR count). The molecule has 1 aromatic heterocycles. The number of hydrogen-bond acceptors (Lipinski definition) is 4. The molecule has 1 unspecified atom stereocenters. The number of fused-ring (bicyclic) bond motifs is 1. The normalized spacial score (nSPS) is 16.4. The van der Waals surface area contributed by atoms with Crippen LogP contribution in [-0.2, 0) is 9.47 Å². The predicted molar refractivity (Wildman–Crippen MR) is 107 cm³/mol. The lowest BCUT2D eigenvalue weighted by Gasteiger charge is -2.21. The summed E-state index contributed by atoms with van der Waals surface area (Å²) in [5, 5.41) is 0. The average molecular weight is 372 g/mol. The molecule has 1 fully saturated rings. The molecule has 5 nitrogen and oxygen atoms in total. The van der Waals surface area contributed by atoms with Crippen LogP contribution >= 0.6 is 0 Å². The van der Waals surface area contributed by atoms with Gasteiger partial charge in [0.2, 0.25) is 5.89 Å². The first kappa shape index (κ1) is 18.3. The number of rotatable bonds is 3. The molecule has 3 aromatic rings. The van der Waals surface area contributed by atoms with Gasteiger partial charge in [0.1, 0.15) is 6.61 Å². The van der Waals surface area contributed by atoms with Crippen LogP contribution in [0.4, 0.5) is 5.69 Å². The number of oxazole rings is 1. The van der Waals surface area contributed by atoms with Crippen molar-refractivity contribution in [3.8, 4) is 23.3 Å². The number of ether oxygens (including phenoxy) is 2. The Kier molecular flexibility index (Phi) is 5.39. The van der Waals surface area contributed by atoms with Gasteiger partial charge in [-0.1, -0.05) is 11.8 Å². The monoisotopic (exact) mass is 372 g/mol. The van der Waals surface area contributed by atoms with Gasteiger partial charge in [-0.25, -0.2) is 9.83 Å². The predicted octanol–water partition coefficient (Wildman–Crippen LogP) is 5.25. The second kappa shape index (κ2) is 8.27. The lowest BCUT2D eigenvalue weighted by molar-refractivity contribution is -0.154. The van der Waals surface area contributed by atoms with E-state index in [0.29, 0.717) is 29.3 Å². The van der Waals surface area contributed by atoms with Gasteiger partial charge in [0.15, 0.2) is 17.6 Å². The Balaban J connectivity index is 1.45. The van der Waals surface area contributed by atoms with E-state index in [1.807, 2.05) is 37.3 Å². The van der Waals surface area contributed by atoms with Crippen LogP contribution in [0.5, 0.6) is 0 Å². The molecule has 1 atom stereocenters. The summed E-state index contributed by atoms with van der Waals surface area (Å²) >= 11 is 0. The van der Waals surface area contributed by atoms with Gasteiger partial charge >= 0.3 is 0 Å². The molecular formula is C23H20N2O3. The molecule has 1 saturated heterocycles. The van der Waals surface area contributed by atoms with Crippen molar-refractivity contribution in [2.24, 2.45) is 0 Å². The van der Waals surface area contributed by atoms with Crippen molar-refractivity contribution in [1.29, 1.82) is 0 Å². The molecule has 0 saturated carbocycles. The van der Waals surface area contributed by atoms with Crippen LogP contribution in [0, 0.1) is 25.3 Å². The van der Waals surface area contributed by atoms with Gasteiger partial charge in [-0.3, -0.25) is 0 Å². The summed E-state index contributed by atoms with van der Waals surface area (Å²) in [4.78, 5) is 8.00. The van der Waals surface area contributed by atoms with Crippen molar-refractivity contribution < 1.29 is 13.9 Å². The fourth-order valence-electron chi connectivity index (χ4n) is 3.18. The Labute approximate surface area is 164 Å². The van der Waals surface area contributed by atoms with Gasteiger partial charge in [0, 0.05) is 17.7 Å². The van der Waals surface area contributed by atoms with Crippen molar-refractivity contribution in [2.45, 2.75) is 32.5 Å². The van der Waals surface area contributed by atoms with E-state index in [4.69, 9.17) is 20.5 Å². The van der Waals surface area contributed by atoms with Gasteiger partial charge in [-0.15, -0.1) is 0 Å². The van der Waals surface area contributed by atoms with E-state index in [0.717, 1.165) is 42.6 Å². The van der Waals surface area contributed by atoms with Crippen LogP contribution < -0.4 is 0 Å². The van der Waals surface area contributed by atoms with E-state index < -0.39 is 0 Å². The van der Waals surface area contributed by atoms with Crippen LogP contribution in [0.15, 0.2) is 40.8 Å². The smallest absolute Gasteiger partial charge is 0.227 e. The lowest BCUT2D eigenvalue weighted by Crippen LogP contribution is -2.22. The van der Waals surface area contributed by atoms with E-state index in [1.54, 1.807) is 6.07 Å². The Morgan fingerprint density at radius 1 is 1.25 bits per heavy atom. The van der Waals surface area contributed by atoms with Crippen LogP contribution in [-0.4, -0.2) is 24.5 Å². The first-order chi connectivity index (χ1) is 13.7. The lowest BCUT2D eigenvalue weighted by atomic mass is 10.1. The highest BCUT2D eigenvalue weighted by Gasteiger charge is 2.13. The zero-order valence-electron chi connectivity index (χ0n) is 15.7. The molecule has 2 aromatic carbocycles. The summed E-state index contributed by atoms with van der Waals surface area (Å²) in [7, 11) is 0. The second-order valence-electron chi connectivity index (χ2n) is 6.73. The number of aromatic nitrogens is 1. The van der Waals surface area contributed by atoms with Crippen molar-refractivity contribution in [1.82, 2.24) is 4.98 Å². The molecule has 5 heteroatoms. The minimum atomic E-state index is -0.114. The summed E-state index contributed by atoms with van der Waals surface area (Å²) in [6.45, 7) is 10.2. The topological polar surface area (TPSA) is 48.9 Å². The number of aryl methyl sites for hydroxylation is 1. The van der Waals surface area contributed by atoms with Gasteiger partial charge in [0.25, 0.3) is 0 Å². The maximum atomic E-state index is 7.18. The van der Waals surface area contributed by atoms with Crippen LogP contribution in [0.3, 0.4) is 0 Å². The molecule has 0 N–H and O–H groups in total. The molecule has 0 radical (unpaired) electrons. The highest BCUT2D eigenvalue weighted by atomic mass is 16.7. The number of benzene rings is 2. The summed E-state index contributed by atoms with van der Waals surface area (Å²) in [6.07, 6.45) is 3.08. The highest BCUT2D eigenvalue weighted by molar-refractivity contribution is 5.83. The largest absolute Gasteiger partial charge is 0.436 e. The maximum absolute atomic E-state index is 7.18. The number of nitrogens with zero attached hydrogens (tertiary/aromatic N) is 2. The quantitative estimate of drug-likeness (QED) is 0.465. The molecular weight excluding hydrogens is 352 g/mol. The molecule has 0 amide bonds. The van der Waals surface area contributed by atoms with E-state index in [9.17, 15) is 0 Å². The average Bonchev–Trinajstić information content (AvgIpc) is 3.17. The molecule has 1 aliphatic heterocycles. The van der Waals surface area contributed by atoms with Gasteiger partial charge < -0.3 is 13.9 Å². The number of hydrogen-bond donors (Lipinski definition) is 0. The van der Waals surface area contributed by atoms with E-state index in [-0.39, 0.29) is 6.29 Å². The van der Waals surface area contributed by atoms with Crippen molar-refractivity contribution >= 4 is 16.8 Å². The van der Waals surface area contributed by atoms with E-state index in [2.05, 4.69) is 21.7 Å². The molecule has 28 heavy (non-hydrogen) atoms. The van der Waals surface area contributed by atoms with Crippen LogP contribution in [0.1, 0.15) is 30.4 Å². The zero-order chi connectivity index (χ0) is 19.3. The molecule has 0 bridgehead atoms. The van der Waals surface area contributed by atoms with Crippen molar-refractivity contribution in [3.63, 3.8) is 0 Å². The molecule has 1 aliphatic rings. The van der Waals surface area contributed by atoms with E-state index >= 15 is 0 Å². The minimum Gasteiger partial charge on any atom is -0.436 e. The van der Waals surface area contributed by atoms with Crippen LogP contribution in [0.25, 0.3) is 27.4 Å². The SMILES string of the molecule is [C-]#[N+]c1cc(C)c2oc(-c3ccc(C#CCOC4CCCCO4)cc3)nc2c1. The summed E-state index contributed by atoms with van der Waals surface area (Å²) in [5.41, 5.74) is 4.67. The molecule has 0 spiro atoms. The maximum Gasteiger partial charge on any atom is 0.227 e. The van der Waals surface area contributed by atoms with Crippen molar-refractivity contribution in [2.75, 3.05) is 13.2 Å². The fourth-order valence-corrected chi connectivity index (χ4v) is 3.18.